The summed E-state index contributed by atoms with van der Waals surface area (Å²) < 4.78 is 44.0. The Balaban J connectivity index is 1.70. The van der Waals surface area contributed by atoms with Gasteiger partial charge in [0.1, 0.15) is 18.2 Å². The van der Waals surface area contributed by atoms with Gasteiger partial charge in [-0.1, -0.05) is 48.9 Å². The number of benzene rings is 3. The molecule has 0 bridgehead atoms. The molecule has 0 saturated heterocycles. The Labute approximate surface area is 270 Å². The van der Waals surface area contributed by atoms with Crippen LogP contribution in [-0.4, -0.2) is 63.1 Å². The van der Waals surface area contributed by atoms with Crippen molar-refractivity contribution in [2.75, 3.05) is 13.2 Å². The smallest absolute Gasteiger partial charge is 0.407 e. The SMILES string of the molecule is C[C@H](O)COc1ccc(C(N)=O)c(-c2c(Cl)c(F)cc3c2[C@H](C)[C@@](CN(C(=O)O)C2CCC(C)(O)CC2)(c2ccccc2)O3)c1F. The number of hydrogen-bond donors (Lipinski definition) is 4. The van der Waals surface area contributed by atoms with Crippen LogP contribution in [0.15, 0.2) is 48.5 Å². The van der Waals surface area contributed by atoms with Gasteiger partial charge in [-0.25, -0.2) is 13.6 Å². The Kier molecular flexibility index (Phi) is 9.23. The van der Waals surface area contributed by atoms with Crippen LogP contribution in [0.25, 0.3) is 11.1 Å². The number of carboxylic acid groups (broad SMARTS) is 1. The molecule has 1 saturated carbocycles. The number of carbonyl (C=O) groups is 2. The third-order valence-electron chi connectivity index (χ3n) is 9.13. The molecule has 0 unspecified atom stereocenters. The fourth-order valence-electron chi connectivity index (χ4n) is 6.65. The third-order valence-corrected chi connectivity index (χ3v) is 9.50. The standard InChI is InChI=1S/C34H37ClF2N2O7/c1-18(40)16-45-24-10-9-22(31(38)41)27(30(24)37)28-26-19(2)34(20-7-5-4-6-8-20,46-25(26)15-23(36)29(28)35)17-39(32(42)43)21-11-13-33(3,44)14-12-21/h4-10,15,18-19,21,40,44H,11-14,16-17H2,1-3H3,(H2,38,41)(H,42,43)/t18-,19-,21?,33?,34-/m0/s1. The molecule has 3 aromatic carbocycles. The Morgan fingerprint density at radius 1 is 1.15 bits per heavy atom. The summed E-state index contributed by atoms with van der Waals surface area (Å²) in [7, 11) is 0. The molecule has 1 fully saturated rings. The maximum Gasteiger partial charge on any atom is 0.407 e. The van der Waals surface area contributed by atoms with Crippen molar-refractivity contribution in [3.8, 4) is 22.6 Å². The van der Waals surface area contributed by atoms with E-state index in [0.717, 1.165) is 6.07 Å². The Hall–Kier alpha value is -3.93. The average Bonchev–Trinajstić information content (AvgIpc) is 3.27. The van der Waals surface area contributed by atoms with E-state index in [0.29, 0.717) is 31.2 Å². The highest BCUT2D eigenvalue weighted by molar-refractivity contribution is 6.34. The van der Waals surface area contributed by atoms with Crippen molar-refractivity contribution in [2.24, 2.45) is 5.73 Å². The van der Waals surface area contributed by atoms with E-state index in [4.69, 9.17) is 26.8 Å². The quantitative estimate of drug-likeness (QED) is 0.214. The second kappa shape index (κ2) is 12.7. The largest absolute Gasteiger partial charge is 0.488 e. The van der Waals surface area contributed by atoms with Crippen LogP contribution in [0.1, 0.15) is 73.9 Å². The molecular formula is C34H37ClF2N2O7. The van der Waals surface area contributed by atoms with Gasteiger partial charge in [0.2, 0.25) is 5.91 Å². The van der Waals surface area contributed by atoms with Gasteiger partial charge < -0.3 is 35.4 Å². The van der Waals surface area contributed by atoms with Crippen molar-refractivity contribution < 1.29 is 43.2 Å². The summed E-state index contributed by atoms with van der Waals surface area (Å²) >= 11 is 6.59. The van der Waals surface area contributed by atoms with Gasteiger partial charge in [-0.2, -0.15) is 0 Å². The summed E-state index contributed by atoms with van der Waals surface area (Å²) in [6.07, 6.45) is -0.474. The monoisotopic (exact) mass is 658 g/mol. The fourth-order valence-corrected chi connectivity index (χ4v) is 6.90. The molecule has 2 amide bonds. The lowest BCUT2D eigenvalue weighted by atomic mass is 9.76. The molecule has 1 aliphatic heterocycles. The molecule has 46 heavy (non-hydrogen) atoms. The number of fused-ring (bicyclic) bond motifs is 1. The maximum atomic E-state index is 16.3. The summed E-state index contributed by atoms with van der Waals surface area (Å²) in [5, 5.41) is 30.2. The van der Waals surface area contributed by atoms with Crippen molar-refractivity contribution in [1.29, 1.82) is 0 Å². The van der Waals surface area contributed by atoms with Crippen LogP contribution in [0.4, 0.5) is 13.6 Å². The molecule has 9 nitrogen and oxygen atoms in total. The summed E-state index contributed by atoms with van der Waals surface area (Å²) in [5.74, 6) is -4.10. The lowest BCUT2D eigenvalue weighted by Crippen LogP contribution is -2.53. The van der Waals surface area contributed by atoms with Crippen LogP contribution in [0.5, 0.6) is 11.5 Å². The molecule has 1 heterocycles. The molecule has 1 aliphatic carbocycles. The van der Waals surface area contributed by atoms with Gasteiger partial charge in [-0.15, -0.1) is 0 Å². The topological polar surface area (TPSA) is 143 Å². The van der Waals surface area contributed by atoms with Crippen molar-refractivity contribution >= 4 is 23.6 Å². The van der Waals surface area contributed by atoms with Gasteiger partial charge in [0.25, 0.3) is 0 Å². The molecule has 12 heteroatoms. The van der Waals surface area contributed by atoms with Crippen LogP contribution in [-0.2, 0) is 5.60 Å². The molecule has 5 N–H and O–H groups in total. The molecule has 2 aliphatic rings. The van der Waals surface area contributed by atoms with Gasteiger partial charge in [0.05, 0.1) is 28.8 Å². The summed E-state index contributed by atoms with van der Waals surface area (Å²) in [6, 6.07) is 11.9. The van der Waals surface area contributed by atoms with Crippen LogP contribution < -0.4 is 15.2 Å². The summed E-state index contributed by atoms with van der Waals surface area (Å²) in [6.45, 7) is 4.47. The molecule has 3 aromatic rings. The number of rotatable bonds is 9. The third kappa shape index (κ3) is 6.11. The molecule has 0 radical (unpaired) electrons. The van der Waals surface area contributed by atoms with Crippen molar-refractivity contribution in [2.45, 2.75) is 75.7 Å². The first kappa shape index (κ1) is 33.4. The van der Waals surface area contributed by atoms with E-state index < -0.39 is 63.5 Å². The summed E-state index contributed by atoms with van der Waals surface area (Å²) in [4.78, 5) is 26.7. The number of halogens is 3. The number of ether oxygens (including phenoxy) is 2. The maximum absolute atomic E-state index is 16.3. The highest BCUT2D eigenvalue weighted by atomic mass is 35.5. The number of hydrogen-bond acceptors (Lipinski definition) is 6. The highest BCUT2D eigenvalue weighted by Gasteiger charge is 2.52. The highest BCUT2D eigenvalue weighted by Crippen LogP contribution is 2.57. The van der Waals surface area contributed by atoms with E-state index in [9.17, 15) is 24.9 Å². The molecule has 0 spiro atoms. The number of primary amides is 1. The number of nitrogens with two attached hydrogens (primary N) is 1. The van der Waals surface area contributed by atoms with Crippen molar-refractivity contribution in [1.82, 2.24) is 4.90 Å². The number of aliphatic hydroxyl groups is 2. The van der Waals surface area contributed by atoms with Crippen LogP contribution in [0, 0.1) is 11.6 Å². The second-order valence-corrected chi connectivity index (χ2v) is 12.9. The average molecular weight is 659 g/mol. The zero-order valence-corrected chi connectivity index (χ0v) is 26.5. The van der Waals surface area contributed by atoms with Gasteiger partial charge in [0.15, 0.2) is 17.2 Å². The normalized spacial score (nSPS) is 24.5. The van der Waals surface area contributed by atoms with E-state index in [1.807, 2.05) is 0 Å². The molecule has 3 atom stereocenters. The first-order valence-corrected chi connectivity index (χ1v) is 15.5. The van der Waals surface area contributed by atoms with Gasteiger partial charge >= 0.3 is 6.09 Å². The minimum atomic E-state index is -1.43. The van der Waals surface area contributed by atoms with Crippen molar-refractivity contribution in [3.63, 3.8) is 0 Å². The predicted molar refractivity (Wildman–Crippen MR) is 167 cm³/mol. The molecule has 0 aromatic heterocycles. The number of nitrogens with zero attached hydrogens (tertiary/aromatic N) is 1. The minimum absolute atomic E-state index is 0.00436. The van der Waals surface area contributed by atoms with Crippen LogP contribution in [0.3, 0.4) is 0 Å². The molecule has 5 rings (SSSR count). The van der Waals surface area contributed by atoms with E-state index in [1.165, 1.54) is 24.0 Å². The first-order chi connectivity index (χ1) is 21.7. The van der Waals surface area contributed by atoms with Gasteiger partial charge in [-0.05, 0) is 57.2 Å². The van der Waals surface area contributed by atoms with Crippen LogP contribution in [0.2, 0.25) is 5.02 Å². The van der Waals surface area contributed by atoms with Gasteiger partial charge in [-0.3, -0.25) is 4.79 Å². The second-order valence-electron chi connectivity index (χ2n) is 12.5. The van der Waals surface area contributed by atoms with Crippen LogP contribution >= 0.6 is 11.6 Å². The Morgan fingerprint density at radius 3 is 2.39 bits per heavy atom. The predicted octanol–water partition coefficient (Wildman–Crippen LogP) is 6.21. The molecule has 246 valence electrons. The van der Waals surface area contributed by atoms with E-state index in [1.54, 1.807) is 44.2 Å². The Morgan fingerprint density at radius 2 is 1.80 bits per heavy atom. The number of amides is 2. The Bertz CT molecular complexity index is 1640. The zero-order chi connectivity index (χ0) is 33.6. The molecular weight excluding hydrogens is 622 g/mol. The zero-order valence-electron chi connectivity index (χ0n) is 25.7. The van der Waals surface area contributed by atoms with Crippen molar-refractivity contribution in [3.05, 3.63) is 81.9 Å². The first-order valence-electron chi connectivity index (χ1n) is 15.1. The minimum Gasteiger partial charge on any atom is -0.488 e. The lowest BCUT2D eigenvalue weighted by Gasteiger charge is -2.43. The van der Waals surface area contributed by atoms with Gasteiger partial charge in [0, 0.05) is 34.7 Å². The van der Waals surface area contributed by atoms with E-state index >= 15 is 8.78 Å². The number of aliphatic hydroxyl groups excluding tert-OH is 1. The number of carbonyl (C=O) groups excluding carboxylic acids is 1. The lowest BCUT2D eigenvalue weighted by molar-refractivity contribution is -0.0250. The van der Waals surface area contributed by atoms with E-state index in [-0.39, 0.29) is 41.3 Å². The van der Waals surface area contributed by atoms with E-state index in [2.05, 4.69) is 0 Å². The summed E-state index contributed by atoms with van der Waals surface area (Å²) in [5.41, 5.74) is 3.30. The fraction of sp³-hybridized carbons (Fsp3) is 0.412.